The van der Waals surface area contributed by atoms with Crippen LogP contribution in [0.5, 0.6) is 0 Å². The molecule has 0 fully saturated rings. The fourth-order valence-electron chi connectivity index (χ4n) is 2.21. The number of nitriles is 1. The topological polar surface area (TPSA) is 43.2 Å². The maximum Gasteiger partial charge on any atom is 0.146 e. The fraction of sp³-hybridized carbons (Fsp3) is 0.375. The summed E-state index contributed by atoms with van der Waals surface area (Å²) in [7, 11) is 6.12. The average molecular weight is 268 g/mol. The Hall–Kier alpha value is -2.12. The summed E-state index contributed by atoms with van der Waals surface area (Å²) >= 11 is 0. The second-order valence-electron chi connectivity index (χ2n) is 5.24. The molecule has 0 unspecified atom stereocenters. The van der Waals surface area contributed by atoms with Crippen molar-refractivity contribution in [3.8, 4) is 6.07 Å². The molecule has 0 aliphatic heterocycles. The highest BCUT2D eigenvalue weighted by Crippen LogP contribution is 2.22. The molecule has 20 heavy (non-hydrogen) atoms. The number of anilines is 1. The summed E-state index contributed by atoms with van der Waals surface area (Å²) in [6.45, 7) is 1.91. The monoisotopic (exact) mass is 268 g/mol. The van der Waals surface area contributed by atoms with Gasteiger partial charge in [0.25, 0.3) is 0 Å². The summed E-state index contributed by atoms with van der Waals surface area (Å²) in [5, 5.41) is 10.3. The molecule has 0 bridgehead atoms. The number of rotatable bonds is 5. The van der Waals surface area contributed by atoms with E-state index in [-0.39, 0.29) is 0 Å². The third kappa shape index (κ3) is 3.25. The van der Waals surface area contributed by atoms with E-state index >= 15 is 0 Å². The fourth-order valence-corrected chi connectivity index (χ4v) is 2.21. The van der Waals surface area contributed by atoms with E-state index in [0.29, 0.717) is 5.56 Å². The van der Waals surface area contributed by atoms with Crippen LogP contribution in [0.15, 0.2) is 30.3 Å². The molecule has 4 heteroatoms. The Kier molecular flexibility index (Phi) is 4.54. The summed E-state index contributed by atoms with van der Waals surface area (Å²) in [5.41, 5.74) is 1.57. The zero-order valence-electron chi connectivity index (χ0n) is 12.3. The van der Waals surface area contributed by atoms with Crippen molar-refractivity contribution in [1.29, 1.82) is 5.26 Å². The highest BCUT2D eigenvalue weighted by Gasteiger charge is 2.10. The van der Waals surface area contributed by atoms with Gasteiger partial charge in [-0.3, -0.25) is 0 Å². The van der Waals surface area contributed by atoms with Gasteiger partial charge in [-0.25, -0.2) is 4.98 Å². The zero-order valence-corrected chi connectivity index (χ0v) is 12.3. The molecule has 2 aromatic rings. The molecule has 1 aromatic carbocycles. The Bertz CT molecular complexity index is 628. The number of hydrogen-bond donors (Lipinski definition) is 0. The number of para-hydroxylation sites is 1. The van der Waals surface area contributed by atoms with Crippen molar-refractivity contribution in [2.75, 3.05) is 39.1 Å². The molecule has 0 radical (unpaired) electrons. The van der Waals surface area contributed by atoms with E-state index in [9.17, 15) is 5.26 Å². The molecule has 0 aliphatic rings. The largest absolute Gasteiger partial charge is 0.359 e. The molecular weight excluding hydrogens is 248 g/mol. The van der Waals surface area contributed by atoms with Crippen LogP contribution in [0.25, 0.3) is 10.9 Å². The van der Waals surface area contributed by atoms with Gasteiger partial charge in [0.1, 0.15) is 11.9 Å². The van der Waals surface area contributed by atoms with Crippen molar-refractivity contribution >= 4 is 16.7 Å². The average Bonchev–Trinajstić information content (AvgIpc) is 2.45. The lowest BCUT2D eigenvalue weighted by molar-refractivity contribution is 0.401. The molecule has 104 valence electrons. The molecule has 2 rings (SSSR count). The summed E-state index contributed by atoms with van der Waals surface area (Å²) in [6, 6.07) is 12.1. The lowest BCUT2D eigenvalue weighted by Crippen LogP contribution is -2.24. The molecule has 0 aliphatic carbocycles. The predicted octanol–water partition coefficient (Wildman–Crippen LogP) is 2.49. The molecule has 0 spiro atoms. The quantitative estimate of drug-likeness (QED) is 0.835. The summed E-state index contributed by atoms with van der Waals surface area (Å²) in [4.78, 5) is 8.86. The minimum atomic E-state index is 0.635. The van der Waals surface area contributed by atoms with Crippen LogP contribution in [-0.2, 0) is 0 Å². The third-order valence-corrected chi connectivity index (χ3v) is 3.28. The van der Waals surface area contributed by atoms with Crippen molar-refractivity contribution in [2.24, 2.45) is 0 Å². The van der Waals surface area contributed by atoms with Gasteiger partial charge in [0.05, 0.1) is 11.1 Å². The molecule has 4 nitrogen and oxygen atoms in total. The first-order valence-electron chi connectivity index (χ1n) is 6.77. The Morgan fingerprint density at radius 1 is 1.15 bits per heavy atom. The maximum absolute atomic E-state index is 9.32. The first-order chi connectivity index (χ1) is 9.61. The van der Waals surface area contributed by atoms with Crippen LogP contribution in [0.3, 0.4) is 0 Å². The van der Waals surface area contributed by atoms with Gasteiger partial charge in [0.2, 0.25) is 0 Å². The number of nitrogens with zero attached hydrogens (tertiary/aromatic N) is 4. The third-order valence-electron chi connectivity index (χ3n) is 3.28. The predicted molar refractivity (Wildman–Crippen MR) is 82.9 cm³/mol. The molecule has 0 N–H and O–H groups in total. The Labute approximate surface area is 120 Å². The van der Waals surface area contributed by atoms with Crippen LogP contribution in [-0.4, -0.2) is 44.1 Å². The normalized spacial score (nSPS) is 10.8. The number of fused-ring (bicyclic) bond motifs is 1. The van der Waals surface area contributed by atoms with E-state index in [2.05, 4.69) is 34.9 Å². The number of pyridine rings is 1. The second kappa shape index (κ2) is 6.36. The molecule has 1 aromatic heterocycles. The highest BCUT2D eigenvalue weighted by atomic mass is 15.2. The van der Waals surface area contributed by atoms with Crippen LogP contribution in [0.4, 0.5) is 5.82 Å². The van der Waals surface area contributed by atoms with Crippen molar-refractivity contribution in [3.05, 3.63) is 35.9 Å². The maximum atomic E-state index is 9.32. The van der Waals surface area contributed by atoms with Gasteiger partial charge >= 0.3 is 0 Å². The molecular formula is C16H20N4. The van der Waals surface area contributed by atoms with Gasteiger partial charge in [-0.05, 0) is 39.2 Å². The zero-order chi connectivity index (χ0) is 14.5. The van der Waals surface area contributed by atoms with E-state index in [1.54, 1.807) is 0 Å². The molecule has 0 atom stereocenters. The van der Waals surface area contributed by atoms with Crippen molar-refractivity contribution in [1.82, 2.24) is 9.88 Å². The molecule has 0 saturated carbocycles. The lowest BCUT2D eigenvalue weighted by Gasteiger charge is -2.20. The smallest absolute Gasteiger partial charge is 0.146 e. The Balaban J connectivity index is 2.25. The van der Waals surface area contributed by atoms with Crippen LogP contribution in [0, 0.1) is 11.3 Å². The summed E-state index contributed by atoms with van der Waals surface area (Å²) in [5.74, 6) is 0.768. The van der Waals surface area contributed by atoms with E-state index < -0.39 is 0 Å². The van der Waals surface area contributed by atoms with Crippen LogP contribution in [0.2, 0.25) is 0 Å². The van der Waals surface area contributed by atoms with Crippen molar-refractivity contribution < 1.29 is 0 Å². The minimum Gasteiger partial charge on any atom is -0.359 e. The summed E-state index contributed by atoms with van der Waals surface area (Å²) < 4.78 is 0. The molecule has 0 saturated heterocycles. The van der Waals surface area contributed by atoms with Crippen LogP contribution >= 0.6 is 0 Å². The second-order valence-corrected chi connectivity index (χ2v) is 5.24. The first kappa shape index (κ1) is 14.3. The van der Waals surface area contributed by atoms with Crippen molar-refractivity contribution in [2.45, 2.75) is 6.42 Å². The van der Waals surface area contributed by atoms with Gasteiger partial charge in [0.15, 0.2) is 0 Å². The lowest BCUT2D eigenvalue weighted by atomic mass is 10.1. The first-order valence-corrected chi connectivity index (χ1v) is 6.77. The van der Waals surface area contributed by atoms with Crippen LogP contribution < -0.4 is 4.90 Å². The number of aromatic nitrogens is 1. The standard InChI is InChI=1S/C16H20N4/c1-19(2)9-6-10-20(3)16-14(12-17)11-13-7-4-5-8-15(13)18-16/h4-5,7-8,11H,6,9-10H2,1-3H3. The Morgan fingerprint density at radius 3 is 2.60 bits per heavy atom. The SMILES string of the molecule is CN(C)CCCN(C)c1nc2ccccc2cc1C#N. The number of hydrogen-bond acceptors (Lipinski definition) is 4. The van der Waals surface area contributed by atoms with Gasteiger partial charge in [-0.15, -0.1) is 0 Å². The van der Waals surface area contributed by atoms with Gasteiger partial charge in [0, 0.05) is 19.0 Å². The molecule has 0 amide bonds. The van der Waals surface area contributed by atoms with E-state index in [1.807, 2.05) is 37.4 Å². The molecule has 1 heterocycles. The van der Waals surface area contributed by atoms with Crippen molar-refractivity contribution in [3.63, 3.8) is 0 Å². The van der Waals surface area contributed by atoms with E-state index in [0.717, 1.165) is 36.2 Å². The van der Waals surface area contributed by atoms with Gasteiger partial charge in [-0.1, -0.05) is 18.2 Å². The van der Waals surface area contributed by atoms with Gasteiger partial charge in [-0.2, -0.15) is 5.26 Å². The highest BCUT2D eigenvalue weighted by molar-refractivity contribution is 5.82. The Morgan fingerprint density at radius 2 is 1.90 bits per heavy atom. The van der Waals surface area contributed by atoms with E-state index in [4.69, 9.17) is 0 Å². The minimum absolute atomic E-state index is 0.635. The summed E-state index contributed by atoms with van der Waals surface area (Å²) in [6.07, 6.45) is 1.04. The van der Waals surface area contributed by atoms with Crippen LogP contribution in [0.1, 0.15) is 12.0 Å². The van der Waals surface area contributed by atoms with Gasteiger partial charge < -0.3 is 9.80 Å². The number of benzene rings is 1. The van der Waals surface area contributed by atoms with E-state index in [1.165, 1.54) is 0 Å².